The third-order valence-electron chi connectivity index (χ3n) is 4.12. The molecule has 0 aliphatic rings. The number of hydrogen-bond donors (Lipinski definition) is 0. The Balaban J connectivity index is 1.70. The fraction of sp³-hybridized carbons (Fsp3) is 0.278. The Morgan fingerprint density at radius 2 is 1.93 bits per heavy atom. The molecular formula is C18H19N7OS. The molecule has 0 saturated carbocycles. The van der Waals surface area contributed by atoms with Crippen molar-refractivity contribution in [3.05, 3.63) is 54.2 Å². The van der Waals surface area contributed by atoms with Gasteiger partial charge < -0.3 is 4.42 Å². The van der Waals surface area contributed by atoms with Crippen molar-refractivity contribution in [3.63, 3.8) is 0 Å². The quantitative estimate of drug-likeness (QED) is 0.453. The van der Waals surface area contributed by atoms with Crippen molar-refractivity contribution in [1.82, 2.24) is 35.0 Å². The van der Waals surface area contributed by atoms with Gasteiger partial charge in [-0.3, -0.25) is 4.57 Å². The summed E-state index contributed by atoms with van der Waals surface area (Å²) in [5, 5.41) is 21.6. The zero-order chi connectivity index (χ0) is 18.6. The van der Waals surface area contributed by atoms with Crippen molar-refractivity contribution in [1.29, 1.82) is 0 Å². The first-order chi connectivity index (χ1) is 13.3. The third-order valence-corrected chi connectivity index (χ3v) is 5.04. The van der Waals surface area contributed by atoms with Crippen molar-refractivity contribution in [2.24, 2.45) is 0 Å². The number of para-hydroxylation sites is 1. The van der Waals surface area contributed by atoms with Crippen LogP contribution >= 0.6 is 11.8 Å². The smallest absolute Gasteiger partial charge is 0.196 e. The number of thioether (sulfide) groups is 1. The zero-order valence-corrected chi connectivity index (χ0v) is 15.9. The normalized spacial score (nSPS) is 11.2. The molecule has 27 heavy (non-hydrogen) atoms. The van der Waals surface area contributed by atoms with Gasteiger partial charge in [-0.1, -0.05) is 36.9 Å². The Morgan fingerprint density at radius 3 is 2.67 bits per heavy atom. The molecule has 9 heteroatoms. The zero-order valence-electron chi connectivity index (χ0n) is 15.1. The van der Waals surface area contributed by atoms with Crippen LogP contribution in [0, 0.1) is 6.92 Å². The molecule has 0 N–H and O–H groups in total. The van der Waals surface area contributed by atoms with Crippen LogP contribution in [0.2, 0.25) is 0 Å². The van der Waals surface area contributed by atoms with Crippen molar-refractivity contribution in [3.8, 4) is 17.1 Å². The SMILES string of the molecule is CCCn1nnnc1CSc1nnc(-c2ccoc2C)n1-c1ccccc1. The molecule has 0 bridgehead atoms. The summed E-state index contributed by atoms with van der Waals surface area (Å²) < 4.78 is 9.33. The summed E-state index contributed by atoms with van der Waals surface area (Å²) >= 11 is 1.56. The predicted octanol–water partition coefficient (Wildman–Crippen LogP) is 3.52. The lowest BCUT2D eigenvalue weighted by Gasteiger charge is -2.09. The average Bonchev–Trinajstić information content (AvgIpc) is 3.40. The monoisotopic (exact) mass is 381 g/mol. The molecule has 0 saturated heterocycles. The van der Waals surface area contributed by atoms with E-state index < -0.39 is 0 Å². The molecule has 0 aliphatic carbocycles. The Labute approximate surface area is 160 Å². The van der Waals surface area contributed by atoms with Crippen molar-refractivity contribution in [2.45, 2.75) is 37.7 Å². The van der Waals surface area contributed by atoms with E-state index in [2.05, 4.69) is 32.6 Å². The molecule has 0 spiro atoms. The van der Waals surface area contributed by atoms with E-state index in [9.17, 15) is 0 Å². The molecule has 0 radical (unpaired) electrons. The first kappa shape index (κ1) is 17.5. The Bertz CT molecular complexity index is 1020. The summed E-state index contributed by atoms with van der Waals surface area (Å²) in [6, 6.07) is 12.0. The molecule has 138 valence electrons. The number of rotatable bonds is 7. The number of nitrogens with zero attached hydrogens (tertiary/aromatic N) is 7. The highest BCUT2D eigenvalue weighted by Gasteiger charge is 2.19. The van der Waals surface area contributed by atoms with Crippen LogP contribution in [0.5, 0.6) is 0 Å². The first-order valence-corrected chi connectivity index (χ1v) is 9.69. The molecule has 8 nitrogen and oxygen atoms in total. The number of benzene rings is 1. The van der Waals surface area contributed by atoms with Crippen LogP contribution in [-0.2, 0) is 12.3 Å². The van der Waals surface area contributed by atoms with Gasteiger partial charge in [0.1, 0.15) is 5.76 Å². The van der Waals surface area contributed by atoms with E-state index >= 15 is 0 Å². The largest absolute Gasteiger partial charge is 0.469 e. The van der Waals surface area contributed by atoms with Gasteiger partial charge in [-0.2, -0.15) is 0 Å². The Morgan fingerprint density at radius 1 is 1.07 bits per heavy atom. The van der Waals surface area contributed by atoms with Crippen LogP contribution in [-0.4, -0.2) is 35.0 Å². The fourth-order valence-corrected chi connectivity index (χ4v) is 3.69. The van der Waals surface area contributed by atoms with Crippen molar-refractivity contribution in [2.75, 3.05) is 0 Å². The molecule has 0 fully saturated rings. The first-order valence-electron chi connectivity index (χ1n) is 8.71. The molecular weight excluding hydrogens is 362 g/mol. The summed E-state index contributed by atoms with van der Waals surface area (Å²) in [5.74, 6) is 3.00. The van der Waals surface area contributed by atoms with Crippen molar-refractivity contribution < 1.29 is 4.42 Å². The maximum Gasteiger partial charge on any atom is 0.196 e. The Kier molecular flexibility index (Phi) is 5.01. The van der Waals surface area contributed by atoms with Gasteiger partial charge in [-0.25, -0.2) is 4.68 Å². The summed E-state index contributed by atoms with van der Waals surface area (Å²) in [5.41, 5.74) is 1.92. The molecule has 4 rings (SSSR count). The molecule has 0 aliphatic heterocycles. The van der Waals surface area contributed by atoms with E-state index in [1.54, 1.807) is 18.0 Å². The van der Waals surface area contributed by atoms with Gasteiger partial charge in [0.2, 0.25) is 0 Å². The molecule has 3 aromatic heterocycles. The maximum atomic E-state index is 5.46. The van der Waals surface area contributed by atoms with E-state index in [1.165, 1.54) is 0 Å². The molecule has 4 aromatic rings. The summed E-state index contributed by atoms with van der Waals surface area (Å²) in [6.45, 7) is 4.82. The molecule has 3 heterocycles. The molecule has 0 atom stereocenters. The van der Waals surface area contributed by atoms with Gasteiger partial charge in [-0.05, 0) is 42.0 Å². The number of tetrazole rings is 1. The van der Waals surface area contributed by atoms with Crippen LogP contribution in [0.3, 0.4) is 0 Å². The maximum absolute atomic E-state index is 5.46. The fourth-order valence-electron chi connectivity index (χ4n) is 2.81. The second kappa shape index (κ2) is 7.75. The highest BCUT2D eigenvalue weighted by atomic mass is 32.2. The minimum absolute atomic E-state index is 0.613. The van der Waals surface area contributed by atoms with E-state index in [1.807, 2.05) is 52.6 Å². The molecule has 1 aromatic carbocycles. The lowest BCUT2D eigenvalue weighted by Crippen LogP contribution is -2.05. The molecule has 0 amide bonds. The number of furan rings is 1. The number of hydrogen-bond acceptors (Lipinski definition) is 7. The average molecular weight is 381 g/mol. The second-order valence-electron chi connectivity index (χ2n) is 5.97. The van der Waals surface area contributed by atoms with Crippen LogP contribution in [0.1, 0.15) is 24.9 Å². The highest BCUT2D eigenvalue weighted by molar-refractivity contribution is 7.98. The van der Waals surface area contributed by atoms with Gasteiger partial charge >= 0.3 is 0 Å². The van der Waals surface area contributed by atoms with Crippen molar-refractivity contribution >= 4 is 11.8 Å². The van der Waals surface area contributed by atoms with Gasteiger partial charge in [0.15, 0.2) is 16.8 Å². The number of aromatic nitrogens is 7. The summed E-state index contributed by atoms with van der Waals surface area (Å²) in [7, 11) is 0. The van der Waals surface area contributed by atoms with Gasteiger partial charge in [0.05, 0.1) is 17.6 Å². The highest BCUT2D eigenvalue weighted by Crippen LogP contribution is 2.31. The minimum atomic E-state index is 0.613. The van der Waals surface area contributed by atoms with E-state index in [4.69, 9.17) is 4.42 Å². The summed E-state index contributed by atoms with van der Waals surface area (Å²) in [6.07, 6.45) is 2.65. The van der Waals surface area contributed by atoms with Gasteiger partial charge in [0.25, 0.3) is 0 Å². The minimum Gasteiger partial charge on any atom is -0.469 e. The van der Waals surface area contributed by atoms with E-state index in [0.29, 0.717) is 5.75 Å². The topological polar surface area (TPSA) is 87.4 Å². The second-order valence-corrected chi connectivity index (χ2v) is 6.92. The van der Waals surface area contributed by atoms with Crippen LogP contribution in [0.15, 0.2) is 52.2 Å². The number of aryl methyl sites for hydroxylation is 2. The van der Waals surface area contributed by atoms with Gasteiger partial charge in [-0.15, -0.1) is 15.3 Å². The van der Waals surface area contributed by atoms with Crippen LogP contribution in [0.25, 0.3) is 17.1 Å². The predicted molar refractivity (Wildman–Crippen MR) is 101 cm³/mol. The third kappa shape index (κ3) is 3.50. The van der Waals surface area contributed by atoms with E-state index in [-0.39, 0.29) is 0 Å². The lowest BCUT2D eigenvalue weighted by atomic mass is 10.2. The van der Waals surface area contributed by atoms with Gasteiger partial charge in [0, 0.05) is 12.2 Å². The van der Waals surface area contributed by atoms with Crippen LogP contribution in [0.4, 0.5) is 0 Å². The summed E-state index contributed by atoms with van der Waals surface area (Å²) in [4.78, 5) is 0. The standard InChI is InChI=1S/C18H19N7OS/c1-3-10-24-16(19-22-23-24)12-27-18-21-20-17(15-9-11-26-13(15)2)25(18)14-7-5-4-6-8-14/h4-9,11H,3,10,12H2,1-2H3. The molecule has 0 unspecified atom stereocenters. The Hall–Kier alpha value is -2.94. The van der Waals surface area contributed by atoms with Crippen LogP contribution < -0.4 is 0 Å². The lowest BCUT2D eigenvalue weighted by molar-refractivity contribution is 0.535. The van der Waals surface area contributed by atoms with E-state index in [0.717, 1.165) is 46.8 Å².